The lowest BCUT2D eigenvalue weighted by atomic mass is 10.1. The van der Waals surface area contributed by atoms with Gasteiger partial charge in [-0.3, -0.25) is 9.59 Å². The molecule has 2 aromatic carbocycles. The van der Waals surface area contributed by atoms with E-state index < -0.39 is 0 Å². The smallest absolute Gasteiger partial charge is 0.267 e. The molecule has 2 N–H and O–H groups in total. The minimum Gasteiger partial charge on any atom is -0.497 e. The van der Waals surface area contributed by atoms with Crippen LogP contribution in [0.5, 0.6) is 5.75 Å². The Balaban J connectivity index is 1.68. The number of carbonyl (C=O) groups is 2. The van der Waals surface area contributed by atoms with Gasteiger partial charge in [-0.15, -0.1) is 11.3 Å². The van der Waals surface area contributed by atoms with Crippen molar-refractivity contribution in [1.29, 1.82) is 0 Å². The largest absolute Gasteiger partial charge is 0.497 e. The van der Waals surface area contributed by atoms with Crippen LogP contribution in [0.1, 0.15) is 31.9 Å². The third-order valence-electron chi connectivity index (χ3n) is 4.95. The highest BCUT2D eigenvalue weighted by atomic mass is 32.1. The first-order chi connectivity index (χ1) is 15.0. The maximum Gasteiger partial charge on any atom is 0.267 e. The van der Waals surface area contributed by atoms with E-state index in [9.17, 15) is 9.59 Å². The summed E-state index contributed by atoms with van der Waals surface area (Å²) in [6.45, 7) is 4.41. The highest BCUT2D eigenvalue weighted by Gasteiger charge is 2.15. The van der Waals surface area contributed by atoms with Crippen LogP contribution in [-0.4, -0.2) is 25.5 Å². The van der Waals surface area contributed by atoms with Crippen LogP contribution < -0.4 is 15.4 Å². The summed E-state index contributed by atoms with van der Waals surface area (Å²) in [5.74, 6) is 0.165. The molecule has 0 atom stereocenters. The molecule has 0 radical (unpaired) electrons. The van der Waals surface area contributed by atoms with E-state index in [1.54, 1.807) is 19.3 Å². The Hall–Kier alpha value is -3.38. The fourth-order valence-corrected chi connectivity index (χ4v) is 3.62. The quantitative estimate of drug-likeness (QED) is 0.513. The van der Waals surface area contributed by atoms with Crippen LogP contribution in [0.4, 0.5) is 0 Å². The molecule has 0 spiro atoms. The summed E-state index contributed by atoms with van der Waals surface area (Å²) in [5, 5.41) is 7.61. The van der Waals surface area contributed by atoms with Crippen molar-refractivity contribution in [1.82, 2.24) is 10.6 Å². The minimum atomic E-state index is -0.320. The number of nitrogens with one attached hydrogen (secondary N) is 2. The molecule has 31 heavy (non-hydrogen) atoms. The number of hydrogen-bond acceptors (Lipinski definition) is 4. The van der Waals surface area contributed by atoms with E-state index >= 15 is 0 Å². The zero-order valence-corrected chi connectivity index (χ0v) is 18.7. The van der Waals surface area contributed by atoms with Crippen molar-refractivity contribution in [3.63, 3.8) is 0 Å². The molecule has 0 saturated carbocycles. The second kappa shape index (κ2) is 10.6. The highest BCUT2D eigenvalue weighted by molar-refractivity contribution is 7.10. The minimum absolute atomic E-state index is 0.223. The SMILES string of the molecule is COc1ccc(CCNC(=O)/C(=C/c2cccs2)NC(=O)c2ccc(C)c(C)c2)cc1. The molecular weight excluding hydrogens is 408 g/mol. The van der Waals surface area contributed by atoms with Gasteiger partial charge in [0.15, 0.2) is 0 Å². The molecule has 1 heterocycles. The van der Waals surface area contributed by atoms with E-state index in [-0.39, 0.29) is 17.5 Å². The average molecular weight is 435 g/mol. The van der Waals surface area contributed by atoms with Crippen LogP contribution in [0.2, 0.25) is 0 Å². The number of rotatable bonds is 8. The van der Waals surface area contributed by atoms with E-state index in [0.29, 0.717) is 18.5 Å². The zero-order chi connectivity index (χ0) is 22.2. The van der Waals surface area contributed by atoms with Crippen LogP contribution in [0.15, 0.2) is 65.7 Å². The second-order valence-corrected chi connectivity index (χ2v) is 8.16. The van der Waals surface area contributed by atoms with Gasteiger partial charge in [-0.05, 0) is 78.7 Å². The molecule has 0 bridgehead atoms. The Kier molecular flexibility index (Phi) is 7.62. The average Bonchev–Trinajstić information content (AvgIpc) is 3.28. The lowest BCUT2D eigenvalue weighted by Crippen LogP contribution is -2.35. The van der Waals surface area contributed by atoms with E-state index in [2.05, 4.69) is 10.6 Å². The fraction of sp³-hybridized carbons (Fsp3) is 0.200. The van der Waals surface area contributed by atoms with Crippen molar-refractivity contribution in [2.45, 2.75) is 20.3 Å². The van der Waals surface area contributed by atoms with Gasteiger partial charge in [0.2, 0.25) is 0 Å². The molecule has 0 aliphatic rings. The van der Waals surface area contributed by atoms with Gasteiger partial charge in [-0.25, -0.2) is 0 Å². The topological polar surface area (TPSA) is 67.4 Å². The van der Waals surface area contributed by atoms with Crippen LogP contribution in [-0.2, 0) is 11.2 Å². The third kappa shape index (κ3) is 6.30. The van der Waals surface area contributed by atoms with Crippen molar-refractivity contribution in [3.8, 4) is 5.75 Å². The van der Waals surface area contributed by atoms with Crippen LogP contribution >= 0.6 is 11.3 Å². The monoisotopic (exact) mass is 434 g/mol. The number of amides is 2. The van der Waals surface area contributed by atoms with Crippen molar-refractivity contribution >= 4 is 29.2 Å². The van der Waals surface area contributed by atoms with Crippen molar-refractivity contribution in [3.05, 3.63) is 92.8 Å². The molecule has 3 aromatic rings. The number of methoxy groups -OCH3 is 1. The Bertz CT molecular complexity index is 1070. The Morgan fingerprint density at radius 3 is 2.45 bits per heavy atom. The summed E-state index contributed by atoms with van der Waals surface area (Å²) in [4.78, 5) is 26.5. The first-order valence-electron chi connectivity index (χ1n) is 10.0. The number of carbonyl (C=O) groups excluding carboxylic acids is 2. The van der Waals surface area contributed by atoms with E-state index in [1.165, 1.54) is 11.3 Å². The molecule has 3 rings (SSSR count). The second-order valence-electron chi connectivity index (χ2n) is 7.18. The maximum atomic E-state index is 12.8. The lowest BCUT2D eigenvalue weighted by molar-refractivity contribution is -0.117. The molecule has 0 saturated heterocycles. The number of ether oxygens (including phenoxy) is 1. The molecule has 160 valence electrons. The Morgan fingerprint density at radius 1 is 1.03 bits per heavy atom. The van der Waals surface area contributed by atoms with E-state index in [0.717, 1.165) is 27.3 Å². The summed E-state index contributed by atoms with van der Waals surface area (Å²) in [7, 11) is 1.63. The zero-order valence-electron chi connectivity index (χ0n) is 17.9. The van der Waals surface area contributed by atoms with Gasteiger partial charge >= 0.3 is 0 Å². The van der Waals surface area contributed by atoms with Crippen molar-refractivity contribution in [2.75, 3.05) is 13.7 Å². The van der Waals surface area contributed by atoms with Gasteiger partial charge in [0.25, 0.3) is 11.8 Å². The molecule has 1 aromatic heterocycles. The predicted molar refractivity (Wildman–Crippen MR) is 125 cm³/mol. The fourth-order valence-electron chi connectivity index (χ4n) is 2.96. The highest BCUT2D eigenvalue weighted by Crippen LogP contribution is 2.15. The standard InChI is InChI=1S/C25H26N2O3S/c1-17-6-9-20(15-18(17)2)24(28)27-23(16-22-5-4-14-31-22)25(29)26-13-12-19-7-10-21(30-3)11-8-19/h4-11,14-16H,12-13H2,1-3H3,(H,26,29)(H,27,28)/b23-16-. The first kappa shape index (κ1) is 22.3. The van der Waals surface area contributed by atoms with Gasteiger partial charge in [-0.2, -0.15) is 0 Å². The van der Waals surface area contributed by atoms with Crippen molar-refractivity contribution in [2.24, 2.45) is 0 Å². The van der Waals surface area contributed by atoms with Gasteiger partial charge in [-0.1, -0.05) is 24.3 Å². The Morgan fingerprint density at radius 2 is 1.81 bits per heavy atom. The van der Waals surface area contributed by atoms with Gasteiger partial charge in [0.05, 0.1) is 7.11 Å². The van der Waals surface area contributed by atoms with E-state index in [1.807, 2.05) is 67.8 Å². The van der Waals surface area contributed by atoms with Crippen LogP contribution in [0.25, 0.3) is 6.08 Å². The summed E-state index contributed by atoms with van der Waals surface area (Å²) in [5.41, 5.74) is 3.97. The predicted octanol–water partition coefficient (Wildman–Crippen LogP) is 4.50. The molecule has 0 fully saturated rings. The van der Waals surface area contributed by atoms with Gasteiger partial charge in [0.1, 0.15) is 11.4 Å². The molecule has 0 unspecified atom stereocenters. The number of hydrogen-bond donors (Lipinski definition) is 2. The summed E-state index contributed by atoms with van der Waals surface area (Å²) < 4.78 is 5.16. The first-order valence-corrected chi connectivity index (χ1v) is 10.9. The maximum absolute atomic E-state index is 12.8. The molecule has 0 aliphatic carbocycles. The molecule has 2 amide bonds. The van der Waals surface area contributed by atoms with Crippen LogP contribution in [0.3, 0.4) is 0 Å². The number of thiophene rings is 1. The third-order valence-corrected chi connectivity index (χ3v) is 5.77. The normalized spacial score (nSPS) is 11.1. The number of benzene rings is 2. The molecule has 5 nitrogen and oxygen atoms in total. The molecule has 6 heteroatoms. The van der Waals surface area contributed by atoms with Crippen LogP contribution in [0, 0.1) is 13.8 Å². The summed E-state index contributed by atoms with van der Waals surface area (Å²) in [6.07, 6.45) is 2.37. The summed E-state index contributed by atoms with van der Waals surface area (Å²) >= 11 is 1.50. The van der Waals surface area contributed by atoms with Gasteiger partial charge < -0.3 is 15.4 Å². The summed E-state index contributed by atoms with van der Waals surface area (Å²) in [6, 6.07) is 17.0. The number of aryl methyl sites for hydroxylation is 2. The van der Waals surface area contributed by atoms with E-state index in [4.69, 9.17) is 4.74 Å². The lowest BCUT2D eigenvalue weighted by Gasteiger charge is -2.12. The van der Waals surface area contributed by atoms with Gasteiger partial charge in [0, 0.05) is 17.0 Å². The molecule has 0 aliphatic heterocycles. The van der Waals surface area contributed by atoms with Crippen molar-refractivity contribution < 1.29 is 14.3 Å². The molecular formula is C25H26N2O3S. The Labute approximate surface area is 186 Å².